The van der Waals surface area contributed by atoms with Crippen LogP contribution < -0.4 is 10.5 Å². The van der Waals surface area contributed by atoms with Crippen LogP contribution in [0.15, 0.2) is 66.5 Å². The van der Waals surface area contributed by atoms with Gasteiger partial charge in [0.1, 0.15) is 46.8 Å². The summed E-state index contributed by atoms with van der Waals surface area (Å²) in [5.41, 5.74) is 6.96. The van der Waals surface area contributed by atoms with Crippen molar-refractivity contribution in [3.8, 4) is 28.8 Å². The van der Waals surface area contributed by atoms with Crippen LogP contribution in [0.4, 0.5) is 10.2 Å². The third kappa shape index (κ3) is 6.04. The number of benzene rings is 2. The van der Waals surface area contributed by atoms with Gasteiger partial charge in [0.15, 0.2) is 5.65 Å². The lowest BCUT2D eigenvalue weighted by Crippen LogP contribution is -2.58. The number of rotatable bonds is 9. The first kappa shape index (κ1) is 30.8. The summed E-state index contributed by atoms with van der Waals surface area (Å²) in [4.78, 5) is 26.6. The van der Waals surface area contributed by atoms with Crippen molar-refractivity contribution in [2.24, 2.45) is 0 Å². The lowest BCUT2D eigenvalue weighted by Gasteiger charge is -2.46. The van der Waals surface area contributed by atoms with Crippen LogP contribution in [0, 0.1) is 17.1 Å². The van der Waals surface area contributed by atoms with E-state index < -0.39 is 11.4 Å². The molecule has 11 nitrogen and oxygen atoms in total. The van der Waals surface area contributed by atoms with Gasteiger partial charge in [-0.05, 0) is 69.9 Å². The zero-order valence-corrected chi connectivity index (χ0v) is 26.5. The first-order valence-electron chi connectivity index (χ1n) is 16.0. The van der Waals surface area contributed by atoms with Crippen molar-refractivity contribution in [1.82, 2.24) is 29.5 Å². The number of nitrogens with zero attached hydrogens (tertiary/aromatic N) is 7. The molecule has 0 spiro atoms. The summed E-state index contributed by atoms with van der Waals surface area (Å²) in [7, 11) is 0. The zero-order chi connectivity index (χ0) is 32.7. The first-order valence-corrected chi connectivity index (χ1v) is 16.0. The molecule has 47 heavy (non-hydrogen) atoms. The van der Waals surface area contributed by atoms with Gasteiger partial charge in [0.25, 0.3) is 5.91 Å². The maximum Gasteiger partial charge on any atom is 0.264 e. The zero-order valence-electron chi connectivity index (χ0n) is 26.5. The van der Waals surface area contributed by atoms with Crippen molar-refractivity contribution in [1.29, 1.82) is 5.26 Å². The van der Waals surface area contributed by atoms with E-state index in [1.165, 1.54) is 12.4 Å². The van der Waals surface area contributed by atoms with Gasteiger partial charge in [-0.25, -0.2) is 19.0 Å². The number of fused-ring (bicyclic) bond motifs is 1. The van der Waals surface area contributed by atoms with E-state index in [9.17, 15) is 10.1 Å². The summed E-state index contributed by atoms with van der Waals surface area (Å²) in [6.07, 6.45) is 6.81. The number of carbonyl (C=O) groups is 1. The summed E-state index contributed by atoms with van der Waals surface area (Å²) < 4.78 is 28.7. The molecule has 0 radical (unpaired) electrons. The third-order valence-electron chi connectivity index (χ3n) is 9.19. The number of amides is 1. The van der Waals surface area contributed by atoms with Gasteiger partial charge >= 0.3 is 0 Å². The van der Waals surface area contributed by atoms with E-state index in [4.69, 9.17) is 20.3 Å². The first-order chi connectivity index (χ1) is 22.7. The van der Waals surface area contributed by atoms with Crippen molar-refractivity contribution in [2.75, 3.05) is 32.0 Å². The molecule has 3 fully saturated rings. The van der Waals surface area contributed by atoms with Gasteiger partial charge in [-0.3, -0.25) is 9.69 Å². The Labute approximate surface area is 272 Å². The maximum atomic E-state index is 15.7. The molecule has 3 aliphatic rings. The average molecular weight is 637 g/mol. The number of halogens is 1. The Morgan fingerprint density at radius 2 is 1.91 bits per heavy atom. The molecular weight excluding hydrogens is 599 g/mol. The second-order valence-electron chi connectivity index (χ2n) is 13.0. The summed E-state index contributed by atoms with van der Waals surface area (Å²) >= 11 is 0. The van der Waals surface area contributed by atoms with Crippen LogP contribution in [0.3, 0.4) is 0 Å². The Hall–Kier alpha value is -4.86. The highest BCUT2D eigenvalue weighted by Crippen LogP contribution is 2.39. The summed E-state index contributed by atoms with van der Waals surface area (Å²) in [5.74, 6) is 0.274. The molecule has 1 amide bonds. The van der Waals surface area contributed by atoms with E-state index in [0.29, 0.717) is 73.4 Å². The van der Waals surface area contributed by atoms with Crippen molar-refractivity contribution >= 4 is 22.8 Å². The van der Waals surface area contributed by atoms with Crippen LogP contribution in [0.1, 0.15) is 45.6 Å². The number of piperidine rings is 1. The summed E-state index contributed by atoms with van der Waals surface area (Å²) in [6.45, 7) is 6.29. The number of carbonyl (C=O) groups excluding carboxylic acids is 1. The second kappa shape index (κ2) is 12.4. The number of hydrogen-bond acceptors (Lipinski definition) is 9. The van der Waals surface area contributed by atoms with Gasteiger partial charge in [-0.1, -0.05) is 18.2 Å². The van der Waals surface area contributed by atoms with Gasteiger partial charge in [0.2, 0.25) is 0 Å². The highest BCUT2D eigenvalue weighted by Gasteiger charge is 2.44. The van der Waals surface area contributed by atoms with Crippen LogP contribution in [-0.4, -0.2) is 79.4 Å². The average Bonchev–Trinajstić information content (AvgIpc) is 3.81. The maximum absolute atomic E-state index is 15.7. The number of likely N-dealkylation sites (tertiary alicyclic amines) is 1. The van der Waals surface area contributed by atoms with Crippen LogP contribution in [0.2, 0.25) is 0 Å². The molecule has 1 aliphatic carbocycles. The second-order valence-corrected chi connectivity index (χ2v) is 13.0. The summed E-state index contributed by atoms with van der Waals surface area (Å²) in [6, 6.07) is 16.4. The molecule has 4 heterocycles. The van der Waals surface area contributed by atoms with E-state index in [1.807, 2.05) is 24.3 Å². The lowest BCUT2D eigenvalue weighted by molar-refractivity contribution is -0.128. The van der Waals surface area contributed by atoms with Gasteiger partial charge in [0.05, 0.1) is 30.7 Å². The number of ether oxygens (including phenoxy) is 2. The number of nitriles is 1. The monoisotopic (exact) mass is 636 g/mol. The smallest absolute Gasteiger partial charge is 0.264 e. The molecule has 2 saturated heterocycles. The third-order valence-corrected chi connectivity index (χ3v) is 9.19. The van der Waals surface area contributed by atoms with Crippen molar-refractivity contribution in [3.05, 3.63) is 72.3 Å². The van der Waals surface area contributed by atoms with Crippen molar-refractivity contribution in [3.63, 3.8) is 0 Å². The molecule has 2 N–H and O–H groups in total. The Kier molecular flexibility index (Phi) is 8.11. The molecule has 1 atom stereocenters. The predicted octanol–water partition coefficient (Wildman–Crippen LogP) is 5.26. The fourth-order valence-corrected chi connectivity index (χ4v) is 6.87. The van der Waals surface area contributed by atoms with E-state index in [2.05, 4.69) is 34.8 Å². The summed E-state index contributed by atoms with van der Waals surface area (Å²) in [5, 5.41) is 15.4. The molecule has 4 aromatic rings. The Bertz CT molecular complexity index is 1880. The molecule has 2 aliphatic heterocycles. The molecular formula is C35H37FN8O3. The highest BCUT2D eigenvalue weighted by atomic mass is 19.1. The Morgan fingerprint density at radius 3 is 2.60 bits per heavy atom. The van der Waals surface area contributed by atoms with E-state index >= 15 is 4.39 Å². The molecule has 2 aromatic carbocycles. The number of hydrogen-bond donors (Lipinski definition) is 1. The van der Waals surface area contributed by atoms with Gasteiger partial charge in [-0.15, -0.1) is 0 Å². The molecule has 12 heteroatoms. The fourth-order valence-electron chi connectivity index (χ4n) is 6.87. The fraction of sp³-hybridized carbons (Fsp3) is 0.400. The molecule has 1 saturated carbocycles. The quantitative estimate of drug-likeness (QED) is 0.193. The normalized spacial score (nSPS) is 19.1. The minimum absolute atomic E-state index is 0.124. The number of aromatic nitrogens is 4. The highest BCUT2D eigenvalue weighted by molar-refractivity contribution is 5.99. The topological polar surface area (TPSA) is 135 Å². The molecule has 7 rings (SSSR count). The van der Waals surface area contributed by atoms with Gasteiger partial charge in [-0.2, -0.15) is 10.4 Å². The minimum Gasteiger partial charge on any atom is -0.457 e. The van der Waals surface area contributed by atoms with E-state index in [0.717, 1.165) is 12.8 Å². The number of anilines is 1. The lowest BCUT2D eigenvalue weighted by atomic mass is 9.94. The number of nitrogen functional groups attached to an aromatic ring is 1. The number of nitrogens with two attached hydrogens (primary N) is 1. The largest absolute Gasteiger partial charge is 0.457 e. The van der Waals surface area contributed by atoms with Crippen molar-refractivity contribution < 1.29 is 18.7 Å². The van der Waals surface area contributed by atoms with Crippen LogP contribution in [0.25, 0.3) is 22.3 Å². The molecule has 242 valence electrons. The molecule has 0 bridgehead atoms. The molecule has 0 unspecified atom stereocenters. The van der Waals surface area contributed by atoms with Crippen LogP contribution >= 0.6 is 0 Å². The Morgan fingerprint density at radius 1 is 1.13 bits per heavy atom. The van der Waals surface area contributed by atoms with E-state index in [1.54, 1.807) is 33.8 Å². The molecule has 2 aromatic heterocycles. The van der Waals surface area contributed by atoms with Gasteiger partial charge < -0.3 is 20.1 Å². The standard InChI is InChI=1S/C35H37FN8O3/c1-35(2,43(23-10-11-23)25-19-46-20-25)16-22(17-37)34(45)42-14-6-7-24(18-42)44-33-30(32(38)39-21-40-33)31(41-44)28-13-12-27(15-29(28)36)47-26-8-4-3-5-9-26/h3-5,8-9,12-13,15-16,21,23-25H,6-7,10-11,14,18-20H2,1-2H3,(H2,38,39,40)/b22-16-/t24-/m1/s1. The van der Waals surface area contributed by atoms with Gasteiger partial charge in [0, 0.05) is 36.3 Å². The van der Waals surface area contributed by atoms with Crippen LogP contribution in [0.5, 0.6) is 11.5 Å². The SMILES string of the molecule is CC(C)(/C=C(/C#N)C(=O)N1CCC[C@@H](n2nc(-c3ccc(Oc4ccccc4)cc3F)c3c(N)ncnc32)C1)N(C1CC1)C1COC1. The van der Waals surface area contributed by atoms with Crippen molar-refractivity contribution in [2.45, 2.75) is 63.2 Å². The van der Waals surface area contributed by atoms with E-state index in [-0.39, 0.29) is 34.9 Å². The Balaban J connectivity index is 1.16. The number of para-hydroxylation sites is 1. The van der Waals surface area contributed by atoms with Crippen LogP contribution in [-0.2, 0) is 9.53 Å². The minimum atomic E-state index is -0.534. The predicted molar refractivity (Wildman–Crippen MR) is 174 cm³/mol.